The van der Waals surface area contributed by atoms with E-state index >= 15 is 0 Å². The van der Waals surface area contributed by atoms with Crippen LogP contribution in [0.25, 0.3) is 0 Å². The van der Waals surface area contributed by atoms with E-state index in [1.165, 1.54) is 11.1 Å². The molecule has 0 aliphatic heterocycles. The molecule has 152 valence electrons. The molecule has 2 rings (SSSR count). The number of hydrogen-bond donors (Lipinski definition) is 3. The van der Waals surface area contributed by atoms with E-state index in [1.807, 2.05) is 18.2 Å². The highest BCUT2D eigenvalue weighted by Gasteiger charge is 2.12. The third kappa shape index (κ3) is 7.48. The zero-order valence-corrected chi connectivity index (χ0v) is 18.5. The van der Waals surface area contributed by atoms with Crippen LogP contribution in [0.15, 0.2) is 48.5 Å². The maximum absolute atomic E-state index is 11.5. The van der Waals surface area contributed by atoms with Crippen LogP contribution >= 0.6 is 12.2 Å². The van der Waals surface area contributed by atoms with Crippen LogP contribution in [0.1, 0.15) is 37.5 Å². The van der Waals surface area contributed by atoms with E-state index in [4.69, 9.17) is 12.2 Å². The molecule has 0 amide bonds. The average molecular weight is 420 g/mol. The van der Waals surface area contributed by atoms with E-state index < -0.39 is 10.0 Å². The molecule has 0 radical (unpaired) electrons. The number of anilines is 1. The first-order valence-corrected chi connectivity index (χ1v) is 11.5. The van der Waals surface area contributed by atoms with Gasteiger partial charge in [0.1, 0.15) is 0 Å². The summed E-state index contributed by atoms with van der Waals surface area (Å²) in [5, 5.41) is 6.95. The summed E-state index contributed by atoms with van der Waals surface area (Å²) in [6, 6.07) is 15.9. The van der Waals surface area contributed by atoms with Gasteiger partial charge in [0.15, 0.2) is 5.11 Å². The zero-order chi connectivity index (χ0) is 20.8. The minimum absolute atomic E-state index is 0.144. The van der Waals surface area contributed by atoms with Gasteiger partial charge in [0.25, 0.3) is 0 Å². The molecule has 28 heavy (non-hydrogen) atoms. The van der Waals surface area contributed by atoms with Gasteiger partial charge in [0.2, 0.25) is 10.0 Å². The molecule has 2 aromatic carbocycles. The SMILES string of the molecule is CC(C)(C)c1ccc(CNC(=S)NCCc2ccccc2NS(C)(=O)=O)cc1. The molecule has 0 atom stereocenters. The molecule has 0 saturated heterocycles. The summed E-state index contributed by atoms with van der Waals surface area (Å²) < 4.78 is 25.5. The smallest absolute Gasteiger partial charge is 0.229 e. The van der Waals surface area contributed by atoms with Gasteiger partial charge in [-0.05, 0) is 46.8 Å². The van der Waals surface area contributed by atoms with E-state index in [2.05, 4.69) is 60.4 Å². The van der Waals surface area contributed by atoms with Gasteiger partial charge < -0.3 is 10.6 Å². The number of hydrogen-bond acceptors (Lipinski definition) is 3. The van der Waals surface area contributed by atoms with Crippen molar-refractivity contribution < 1.29 is 8.42 Å². The van der Waals surface area contributed by atoms with Crippen molar-refractivity contribution >= 4 is 33.0 Å². The lowest BCUT2D eigenvalue weighted by Gasteiger charge is -2.19. The van der Waals surface area contributed by atoms with Gasteiger partial charge in [-0.1, -0.05) is 63.2 Å². The van der Waals surface area contributed by atoms with Gasteiger partial charge >= 0.3 is 0 Å². The van der Waals surface area contributed by atoms with Crippen LogP contribution in [0.3, 0.4) is 0 Å². The lowest BCUT2D eigenvalue weighted by molar-refractivity contribution is 0.590. The van der Waals surface area contributed by atoms with Crippen molar-refractivity contribution in [1.82, 2.24) is 10.6 Å². The first-order valence-electron chi connectivity index (χ1n) is 9.21. The Hall–Kier alpha value is -2.12. The summed E-state index contributed by atoms with van der Waals surface area (Å²) >= 11 is 5.34. The van der Waals surface area contributed by atoms with Crippen molar-refractivity contribution in [2.24, 2.45) is 0 Å². The van der Waals surface area contributed by atoms with Gasteiger partial charge in [-0.15, -0.1) is 0 Å². The topological polar surface area (TPSA) is 70.2 Å². The van der Waals surface area contributed by atoms with Crippen LogP contribution in [0, 0.1) is 0 Å². The second kappa shape index (κ2) is 9.39. The van der Waals surface area contributed by atoms with Gasteiger partial charge in [-0.3, -0.25) is 4.72 Å². The van der Waals surface area contributed by atoms with Crippen LogP contribution in [-0.4, -0.2) is 26.3 Å². The van der Waals surface area contributed by atoms with Gasteiger partial charge in [-0.25, -0.2) is 8.42 Å². The number of benzene rings is 2. The Morgan fingerprint density at radius 2 is 1.64 bits per heavy atom. The summed E-state index contributed by atoms with van der Waals surface area (Å²) in [5.74, 6) is 0. The molecule has 0 fully saturated rings. The quantitative estimate of drug-likeness (QED) is 0.599. The Balaban J connectivity index is 1.81. The third-order valence-electron chi connectivity index (χ3n) is 4.27. The van der Waals surface area contributed by atoms with Crippen molar-refractivity contribution in [2.45, 2.75) is 39.2 Å². The van der Waals surface area contributed by atoms with E-state index in [-0.39, 0.29) is 5.41 Å². The van der Waals surface area contributed by atoms with E-state index in [9.17, 15) is 8.42 Å². The van der Waals surface area contributed by atoms with Crippen LogP contribution in [0.4, 0.5) is 5.69 Å². The predicted octanol–water partition coefficient (Wildman–Crippen LogP) is 3.56. The predicted molar refractivity (Wildman–Crippen MR) is 121 cm³/mol. The second-order valence-electron chi connectivity index (χ2n) is 7.84. The first kappa shape index (κ1) is 22.2. The molecule has 0 saturated carbocycles. The van der Waals surface area contributed by atoms with Gasteiger partial charge in [0, 0.05) is 13.1 Å². The molecular weight excluding hydrogens is 390 g/mol. The van der Waals surface area contributed by atoms with Crippen LogP contribution in [-0.2, 0) is 28.4 Å². The Kier molecular flexibility index (Phi) is 7.43. The number of para-hydroxylation sites is 1. The normalized spacial score (nSPS) is 11.7. The Morgan fingerprint density at radius 3 is 2.25 bits per heavy atom. The molecule has 0 spiro atoms. The fourth-order valence-electron chi connectivity index (χ4n) is 2.72. The second-order valence-corrected chi connectivity index (χ2v) is 9.99. The molecule has 3 N–H and O–H groups in total. The lowest BCUT2D eigenvalue weighted by Crippen LogP contribution is -2.36. The average Bonchev–Trinajstić information content (AvgIpc) is 2.60. The Morgan fingerprint density at radius 1 is 1.00 bits per heavy atom. The highest BCUT2D eigenvalue weighted by atomic mass is 32.2. The van der Waals surface area contributed by atoms with Crippen LogP contribution < -0.4 is 15.4 Å². The number of sulfonamides is 1. The first-order chi connectivity index (χ1) is 13.0. The van der Waals surface area contributed by atoms with Crippen molar-refractivity contribution in [3.63, 3.8) is 0 Å². The Bertz CT molecular complexity index is 902. The summed E-state index contributed by atoms with van der Waals surface area (Å²) in [7, 11) is -3.30. The minimum Gasteiger partial charge on any atom is -0.362 e. The third-order valence-corrected chi connectivity index (χ3v) is 5.15. The molecule has 0 heterocycles. The molecule has 7 heteroatoms. The van der Waals surface area contributed by atoms with Crippen molar-refractivity contribution in [1.29, 1.82) is 0 Å². The number of thiocarbonyl (C=S) groups is 1. The highest BCUT2D eigenvalue weighted by Crippen LogP contribution is 2.22. The summed E-state index contributed by atoms with van der Waals surface area (Å²) in [4.78, 5) is 0. The molecule has 0 aromatic heterocycles. The van der Waals surface area contributed by atoms with Crippen molar-refractivity contribution in [2.75, 3.05) is 17.5 Å². The minimum atomic E-state index is -3.30. The number of nitrogens with one attached hydrogen (secondary N) is 3. The standard InChI is InChI=1S/C21H29N3O2S2/c1-21(2,3)18-11-9-16(10-12-18)15-23-20(27)22-14-13-17-7-5-6-8-19(17)24-28(4,25)26/h5-12,24H,13-15H2,1-4H3,(H2,22,23,27). The van der Waals surface area contributed by atoms with Gasteiger partial charge in [-0.2, -0.15) is 0 Å². The molecule has 0 unspecified atom stereocenters. The summed E-state index contributed by atoms with van der Waals surface area (Å²) in [5.41, 5.74) is 4.13. The molecule has 5 nitrogen and oxygen atoms in total. The summed E-state index contributed by atoms with van der Waals surface area (Å²) in [6.45, 7) is 7.86. The fourth-order valence-corrected chi connectivity index (χ4v) is 3.49. The maximum Gasteiger partial charge on any atom is 0.229 e. The monoisotopic (exact) mass is 419 g/mol. The van der Waals surface area contributed by atoms with E-state index in [1.54, 1.807) is 6.07 Å². The largest absolute Gasteiger partial charge is 0.362 e. The fraction of sp³-hybridized carbons (Fsp3) is 0.381. The highest BCUT2D eigenvalue weighted by molar-refractivity contribution is 7.92. The Labute approximate surface area is 174 Å². The molecule has 0 aliphatic rings. The molecule has 0 aliphatic carbocycles. The zero-order valence-electron chi connectivity index (χ0n) is 16.9. The summed E-state index contributed by atoms with van der Waals surface area (Å²) in [6.07, 6.45) is 1.80. The molecule has 0 bridgehead atoms. The van der Waals surface area contributed by atoms with Crippen LogP contribution in [0.2, 0.25) is 0 Å². The van der Waals surface area contributed by atoms with E-state index in [0.29, 0.717) is 30.3 Å². The van der Waals surface area contributed by atoms with Gasteiger partial charge in [0.05, 0.1) is 11.9 Å². The van der Waals surface area contributed by atoms with Crippen molar-refractivity contribution in [3.05, 3.63) is 65.2 Å². The van der Waals surface area contributed by atoms with E-state index in [0.717, 1.165) is 11.8 Å². The number of rotatable bonds is 7. The lowest BCUT2D eigenvalue weighted by atomic mass is 9.87. The maximum atomic E-state index is 11.5. The molecular formula is C21H29N3O2S2. The molecule has 2 aromatic rings. The van der Waals surface area contributed by atoms with Crippen molar-refractivity contribution in [3.8, 4) is 0 Å². The van der Waals surface area contributed by atoms with Crippen LogP contribution in [0.5, 0.6) is 0 Å².